The number of halogens is 3. The molecule has 2 N–H and O–H groups in total. The van der Waals surface area contributed by atoms with E-state index < -0.39 is 11.7 Å². The van der Waals surface area contributed by atoms with Gasteiger partial charge in [0.1, 0.15) is 0 Å². The van der Waals surface area contributed by atoms with Gasteiger partial charge in [-0.05, 0) is 30.5 Å². The molecule has 0 unspecified atom stereocenters. The summed E-state index contributed by atoms with van der Waals surface area (Å²) in [6.45, 7) is 0.898. The summed E-state index contributed by atoms with van der Waals surface area (Å²) < 4.78 is 42.6. The van der Waals surface area contributed by atoms with E-state index in [1.54, 1.807) is 13.1 Å². The molecule has 8 heteroatoms. The minimum absolute atomic E-state index is 0.216. The Balaban J connectivity index is 2.32. The first-order valence-corrected chi connectivity index (χ1v) is 8.04. The van der Waals surface area contributed by atoms with E-state index in [4.69, 9.17) is 0 Å². The second kappa shape index (κ2) is 10.6. The van der Waals surface area contributed by atoms with Crippen LogP contribution < -0.4 is 10.6 Å². The lowest BCUT2D eigenvalue weighted by atomic mass is 10.1. The van der Waals surface area contributed by atoms with Crippen LogP contribution in [0.3, 0.4) is 0 Å². The predicted octanol–water partition coefficient (Wildman–Crippen LogP) is 3.10. The molecule has 0 radical (unpaired) electrons. The summed E-state index contributed by atoms with van der Waals surface area (Å²) in [7, 11) is 2.96. The zero-order valence-corrected chi connectivity index (χ0v) is 14.4. The molecule has 0 aliphatic heterocycles. The standard InChI is InChI=1S/C17H24F3N3O2/c1-21-16(22-10-5-3-4-9-15(24)25-2)23-12-13-7-6-8-14(11-13)17(18,19)20/h6-8,11H,3-5,9-10,12H2,1-2H3,(H2,21,22,23). The molecule has 0 atom stereocenters. The zero-order chi connectivity index (χ0) is 18.7. The largest absolute Gasteiger partial charge is 0.469 e. The van der Waals surface area contributed by atoms with Crippen molar-refractivity contribution in [3.8, 4) is 0 Å². The van der Waals surface area contributed by atoms with E-state index in [0.717, 1.165) is 31.4 Å². The van der Waals surface area contributed by atoms with Gasteiger partial charge in [-0.25, -0.2) is 0 Å². The highest BCUT2D eigenvalue weighted by Crippen LogP contribution is 2.29. The molecule has 0 saturated heterocycles. The maximum absolute atomic E-state index is 12.7. The number of nitrogens with zero attached hydrogens (tertiary/aromatic N) is 1. The first kappa shape index (κ1) is 20.8. The van der Waals surface area contributed by atoms with Gasteiger partial charge < -0.3 is 15.4 Å². The normalized spacial score (nSPS) is 12.0. The fourth-order valence-corrected chi connectivity index (χ4v) is 2.14. The highest BCUT2D eigenvalue weighted by atomic mass is 19.4. The number of benzene rings is 1. The van der Waals surface area contributed by atoms with Crippen molar-refractivity contribution in [3.63, 3.8) is 0 Å². The number of rotatable bonds is 8. The summed E-state index contributed by atoms with van der Waals surface area (Å²) in [5.41, 5.74) is -0.142. The van der Waals surface area contributed by atoms with Crippen LogP contribution in [0.4, 0.5) is 13.2 Å². The lowest BCUT2D eigenvalue weighted by molar-refractivity contribution is -0.140. The van der Waals surface area contributed by atoms with Crippen LogP contribution in [0.2, 0.25) is 0 Å². The number of guanidine groups is 1. The van der Waals surface area contributed by atoms with Crippen molar-refractivity contribution < 1.29 is 22.7 Å². The number of methoxy groups -OCH3 is 1. The molecule has 0 heterocycles. The predicted molar refractivity (Wildman–Crippen MR) is 90.1 cm³/mol. The second-order valence-corrected chi connectivity index (χ2v) is 5.44. The first-order valence-electron chi connectivity index (χ1n) is 8.04. The van der Waals surface area contributed by atoms with E-state index in [1.165, 1.54) is 13.2 Å². The van der Waals surface area contributed by atoms with Gasteiger partial charge in [0, 0.05) is 26.6 Å². The van der Waals surface area contributed by atoms with Crippen molar-refractivity contribution in [2.24, 2.45) is 4.99 Å². The Morgan fingerprint density at radius 3 is 2.60 bits per heavy atom. The number of nitrogens with one attached hydrogen (secondary N) is 2. The van der Waals surface area contributed by atoms with Crippen LogP contribution in [0, 0.1) is 0 Å². The van der Waals surface area contributed by atoms with Gasteiger partial charge in [0.15, 0.2) is 5.96 Å². The number of ether oxygens (including phenoxy) is 1. The second-order valence-electron chi connectivity index (χ2n) is 5.44. The number of alkyl halides is 3. The summed E-state index contributed by atoms with van der Waals surface area (Å²) in [6.07, 6.45) is -1.47. The molecular weight excluding hydrogens is 335 g/mol. The molecule has 25 heavy (non-hydrogen) atoms. The molecule has 1 aromatic carbocycles. The molecule has 0 amide bonds. The van der Waals surface area contributed by atoms with Crippen LogP contribution in [-0.4, -0.2) is 32.6 Å². The minimum Gasteiger partial charge on any atom is -0.469 e. The summed E-state index contributed by atoms with van der Waals surface area (Å²) in [4.78, 5) is 15.0. The molecule has 0 bridgehead atoms. The Hall–Kier alpha value is -2.25. The van der Waals surface area contributed by atoms with Crippen LogP contribution in [-0.2, 0) is 22.3 Å². The fourth-order valence-electron chi connectivity index (χ4n) is 2.14. The van der Waals surface area contributed by atoms with Crippen molar-refractivity contribution in [2.45, 2.75) is 38.4 Å². The maximum atomic E-state index is 12.7. The monoisotopic (exact) mass is 359 g/mol. The van der Waals surface area contributed by atoms with E-state index in [1.807, 2.05) is 0 Å². The molecule has 0 fully saturated rings. The Bertz CT molecular complexity index is 575. The van der Waals surface area contributed by atoms with Crippen LogP contribution >= 0.6 is 0 Å². The molecule has 1 rings (SSSR count). The molecule has 0 saturated carbocycles. The van der Waals surface area contributed by atoms with Crippen molar-refractivity contribution in [1.29, 1.82) is 0 Å². The molecule has 140 valence electrons. The van der Waals surface area contributed by atoms with E-state index >= 15 is 0 Å². The minimum atomic E-state index is -4.35. The average molecular weight is 359 g/mol. The van der Waals surface area contributed by atoms with Crippen molar-refractivity contribution in [2.75, 3.05) is 20.7 Å². The van der Waals surface area contributed by atoms with Gasteiger partial charge in [-0.2, -0.15) is 13.2 Å². The number of hydrogen-bond acceptors (Lipinski definition) is 3. The summed E-state index contributed by atoms with van der Waals surface area (Å²) in [6, 6.07) is 5.18. The van der Waals surface area contributed by atoms with E-state index in [-0.39, 0.29) is 12.5 Å². The Morgan fingerprint density at radius 1 is 1.20 bits per heavy atom. The van der Waals surface area contributed by atoms with E-state index in [2.05, 4.69) is 20.4 Å². The summed E-state index contributed by atoms with van der Waals surface area (Å²) in [5, 5.41) is 6.07. The third-order valence-electron chi connectivity index (χ3n) is 3.52. The van der Waals surface area contributed by atoms with Crippen LogP contribution in [0.15, 0.2) is 29.3 Å². The highest BCUT2D eigenvalue weighted by molar-refractivity contribution is 5.79. The topological polar surface area (TPSA) is 62.7 Å². The fraction of sp³-hybridized carbons (Fsp3) is 0.529. The SMILES string of the molecule is CN=C(NCCCCCC(=O)OC)NCc1cccc(C(F)(F)F)c1. The van der Waals surface area contributed by atoms with Gasteiger partial charge >= 0.3 is 12.1 Å². The quantitative estimate of drug-likeness (QED) is 0.324. The average Bonchev–Trinajstić information content (AvgIpc) is 2.59. The van der Waals surface area contributed by atoms with Crippen LogP contribution in [0.1, 0.15) is 36.8 Å². The summed E-state index contributed by atoms with van der Waals surface area (Å²) >= 11 is 0. The Kier molecular flexibility index (Phi) is 8.80. The number of unbranched alkanes of at least 4 members (excludes halogenated alkanes) is 2. The maximum Gasteiger partial charge on any atom is 0.416 e. The molecular formula is C17H24F3N3O2. The number of aliphatic imine (C=N–C) groups is 1. The molecule has 0 aliphatic carbocycles. The third kappa shape index (κ3) is 8.42. The third-order valence-corrected chi connectivity index (χ3v) is 3.52. The van der Waals surface area contributed by atoms with Crippen LogP contribution in [0.25, 0.3) is 0 Å². The van der Waals surface area contributed by atoms with Gasteiger partial charge in [-0.3, -0.25) is 9.79 Å². The van der Waals surface area contributed by atoms with Crippen molar-refractivity contribution in [1.82, 2.24) is 10.6 Å². The summed E-state index contributed by atoms with van der Waals surface area (Å²) in [5.74, 6) is 0.303. The number of carbonyl (C=O) groups excluding carboxylic acids is 1. The smallest absolute Gasteiger partial charge is 0.416 e. The lowest BCUT2D eigenvalue weighted by Crippen LogP contribution is -2.37. The molecule has 0 aliphatic rings. The van der Waals surface area contributed by atoms with E-state index in [0.29, 0.717) is 24.5 Å². The first-order chi connectivity index (χ1) is 11.9. The lowest BCUT2D eigenvalue weighted by Gasteiger charge is -2.13. The zero-order valence-electron chi connectivity index (χ0n) is 14.4. The highest BCUT2D eigenvalue weighted by Gasteiger charge is 2.30. The number of carbonyl (C=O) groups is 1. The van der Waals surface area contributed by atoms with E-state index in [9.17, 15) is 18.0 Å². The Morgan fingerprint density at radius 2 is 1.96 bits per heavy atom. The molecule has 1 aromatic rings. The van der Waals surface area contributed by atoms with Crippen LogP contribution in [0.5, 0.6) is 0 Å². The van der Waals surface area contributed by atoms with Crippen molar-refractivity contribution in [3.05, 3.63) is 35.4 Å². The van der Waals surface area contributed by atoms with Gasteiger partial charge in [0.2, 0.25) is 0 Å². The number of hydrogen-bond donors (Lipinski definition) is 2. The van der Waals surface area contributed by atoms with Gasteiger partial charge in [0.05, 0.1) is 12.7 Å². The molecule has 0 aromatic heterocycles. The number of esters is 1. The van der Waals surface area contributed by atoms with Crippen molar-refractivity contribution >= 4 is 11.9 Å². The molecule has 0 spiro atoms. The van der Waals surface area contributed by atoms with Gasteiger partial charge in [-0.1, -0.05) is 18.6 Å². The van der Waals surface area contributed by atoms with Gasteiger partial charge in [-0.15, -0.1) is 0 Å². The Labute approximate surface area is 145 Å². The molecule has 5 nitrogen and oxygen atoms in total. The van der Waals surface area contributed by atoms with Gasteiger partial charge in [0.25, 0.3) is 0 Å².